The van der Waals surface area contributed by atoms with Crippen LogP contribution in [0.2, 0.25) is 0 Å². The maximum atomic E-state index is 12.6. The summed E-state index contributed by atoms with van der Waals surface area (Å²) < 4.78 is 37.8. The molecule has 98 valence electrons. The molecule has 1 aliphatic rings. The minimum absolute atomic E-state index is 0.134. The predicted molar refractivity (Wildman–Crippen MR) is 62.6 cm³/mol. The van der Waals surface area contributed by atoms with Gasteiger partial charge in [-0.1, -0.05) is 6.92 Å². The molecule has 18 heavy (non-hydrogen) atoms. The summed E-state index contributed by atoms with van der Waals surface area (Å²) in [5, 5.41) is 2.85. The van der Waals surface area contributed by atoms with Crippen LogP contribution in [0.1, 0.15) is 18.9 Å². The summed E-state index contributed by atoms with van der Waals surface area (Å²) in [6, 6.07) is 2.87. The minimum Gasteiger partial charge on any atom is -0.372 e. The molecule has 0 saturated carbocycles. The third-order valence-corrected chi connectivity index (χ3v) is 3.05. The average Bonchev–Trinajstić information content (AvgIpc) is 2.32. The standard InChI is InChI=1S/C12H13F3N2O/c1-3-8-11(18)17(2)10-5-4-7(12(13,14)15)6-9(10)16-8/h4-6,8,16H,3H2,1-2H3. The Balaban J connectivity index is 2.45. The van der Waals surface area contributed by atoms with Gasteiger partial charge in [-0.3, -0.25) is 4.79 Å². The highest BCUT2D eigenvalue weighted by molar-refractivity contribution is 6.04. The number of amides is 1. The van der Waals surface area contributed by atoms with Gasteiger partial charge < -0.3 is 10.2 Å². The van der Waals surface area contributed by atoms with Gasteiger partial charge in [-0.05, 0) is 24.6 Å². The van der Waals surface area contributed by atoms with Crippen LogP contribution in [0.3, 0.4) is 0 Å². The van der Waals surface area contributed by atoms with E-state index in [-0.39, 0.29) is 5.91 Å². The van der Waals surface area contributed by atoms with Crippen molar-refractivity contribution in [1.82, 2.24) is 0 Å². The Morgan fingerprint density at radius 1 is 1.39 bits per heavy atom. The zero-order chi connectivity index (χ0) is 13.5. The van der Waals surface area contributed by atoms with Crippen LogP contribution >= 0.6 is 0 Å². The molecule has 6 heteroatoms. The first kappa shape index (κ1) is 12.7. The van der Waals surface area contributed by atoms with Crippen molar-refractivity contribution in [3.63, 3.8) is 0 Å². The van der Waals surface area contributed by atoms with Crippen molar-refractivity contribution < 1.29 is 18.0 Å². The number of carbonyl (C=O) groups excluding carboxylic acids is 1. The van der Waals surface area contributed by atoms with E-state index in [0.29, 0.717) is 17.8 Å². The Kier molecular flexibility index (Phi) is 2.96. The largest absolute Gasteiger partial charge is 0.416 e. The maximum absolute atomic E-state index is 12.6. The maximum Gasteiger partial charge on any atom is 0.416 e. The Morgan fingerprint density at radius 3 is 2.61 bits per heavy atom. The topological polar surface area (TPSA) is 32.3 Å². The van der Waals surface area contributed by atoms with Crippen LogP contribution in [-0.2, 0) is 11.0 Å². The van der Waals surface area contributed by atoms with E-state index in [1.807, 2.05) is 6.92 Å². The van der Waals surface area contributed by atoms with E-state index in [4.69, 9.17) is 0 Å². The SMILES string of the molecule is CCC1Nc2cc(C(F)(F)F)ccc2N(C)C1=O. The third kappa shape index (κ3) is 2.02. The molecule has 1 atom stereocenters. The van der Waals surface area contributed by atoms with Gasteiger partial charge in [0.25, 0.3) is 0 Å². The molecule has 1 aliphatic heterocycles. The van der Waals surface area contributed by atoms with E-state index in [1.54, 1.807) is 7.05 Å². The monoisotopic (exact) mass is 258 g/mol. The summed E-state index contributed by atoms with van der Waals surface area (Å²) in [6.45, 7) is 1.81. The van der Waals surface area contributed by atoms with Crippen molar-refractivity contribution >= 4 is 17.3 Å². The number of hydrogen-bond acceptors (Lipinski definition) is 2. The van der Waals surface area contributed by atoms with Gasteiger partial charge in [-0.25, -0.2) is 0 Å². The smallest absolute Gasteiger partial charge is 0.372 e. The molecule has 2 rings (SSSR count). The van der Waals surface area contributed by atoms with E-state index < -0.39 is 17.8 Å². The molecule has 1 aromatic rings. The second kappa shape index (κ2) is 4.19. The lowest BCUT2D eigenvalue weighted by Gasteiger charge is -2.33. The number of nitrogens with one attached hydrogen (secondary N) is 1. The summed E-state index contributed by atoms with van der Waals surface area (Å²) in [7, 11) is 1.57. The van der Waals surface area contributed by atoms with Crippen LogP contribution in [-0.4, -0.2) is 19.0 Å². The van der Waals surface area contributed by atoms with Gasteiger partial charge in [-0.2, -0.15) is 13.2 Å². The molecule has 0 aliphatic carbocycles. The number of halogens is 3. The van der Waals surface area contributed by atoms with Crippen molar-refractivity contribution in [2.45, 2.75) is 25.6 Å². The first-order valence-corrected chi connectivity index (χ1v) is 5.60. The zero-order valence-electron chi connectivity index (χ0n) is 10.0. The lowest BCUT2D eigenvalue weighted by molar-refractivity contribution is -0.137. The highest BCUT2D eigenvalue weighted by atomic mass is 19.4. The van der Waals surface area contributed by atoms with Crippen LogP contribution in [0.25, 0.3) is 0 Å². The summed E-state index contributed by atoms with van der Waals surface area (Å²) >= 11 is 0. The molecule has 1 amide bonds. The normalized spacial score (nSPS) is 19.5. The van der Waals surface area contributed by atoms with Crippen molar-refractivity contribution in [3.05, 3.63) is 23.8 Å². The van der Waals surface area contributed by atoms with E-state index in [9.17, 15) is 18.0 Å². The summed E-state index contributed by atoms with van der Waals surface area (Å²) in [5.41, 5.74) is 0.0998. The van der Waals surface area contributed by atoms with E-state index in [0.717, 1.165) is 12.1 Å². The molecule has 1 aromatic carbocycles. The molecule has 0 bridgehead atoms. The Bertz CT molecular complexity index is 485. The summed E-state index contributed by atoms with van der Waals surface area (Å²) in [4.78, 5) is 13.2. The predicted octanol–water partition coefficient (Wildman–Crippen LogP) is 2.87. The number of carbonyl (C=O) groups is 1. The molecular formula is C12H13F3N2O. The van der Waals surface area contributed by atoms with Gasteiger partial charge in [-0.15, -0.1) is 0 Å². The van der Waals surface area contributed by atoms with Crippen molar-refractivity contribution in [2.24, 2.45) is 0 Å². The van der Waals surface area contributed by atoms with Crippen LogP contribution in [0.4, 0.5) is 24.5 Å². The molecule has 0 spiro atoms. The molecule has 0 fully saturated rings. The molecule has 1 unspecified atom stereocenters. The number of likely N-dealkylation sites (N-methyl/N-ethyl adjacent to an activating group) is 1. The highest BCUT2D eigenvalue weighted by Gasteiger charge is 2.34. The van der Waals surface area contributed by atoms with Gasteiger partial charge in [0.15, 0.2) is 0 Å². The van der Waals surface area contributed by atoms with Crippen LogP contribution in [0.15, 0.2) is 18.2 Å². The molecule has 3 nitrogen and oxygen atoms in total. The average molecular weight is 258 g/mol. The fourth-order valence-corrected chi connectivity index (χ4v) is 2.00. The van der Waals surface area contributed by atoms with Gasteiger partial charge in [0.2, 0.25) is 5.91 Å². The first-order chi connectivity index (χ1) is 8.34. The van der Waals surface area contributed by atoms with Crippen molar-refractivity contribution in [3.8, 4) is 0 Å². The number of benzene rings is 1. The highest BCUT2D eigenvalue weighted by Crippen LogP contribution is 2.37. The summed E-state index contributed by atoms with van der Waals surface area (Å²) in [6.07, 6.45) is -3.85. The van der Waals surface area contributed by atoms with Gasteiger partial charge in [0.1, 0.15) is 6.04 Å². The van der Waals surface area contributed by atoms with E-state index in [2.05, 4.69) is 5.32 Å². The molecule has 1 N–H and O–H groups in total. The number of hydrogen-bond donors (Lipinski definition) is 1. The van der Waals surface area contributed by atoms with Crippen molar-refractivity contribution in [2.75, 3.05) is 17.3 Å². The minimum atomic E-state index is -4.38. The Labute approximate surface area is 103 Å². The second-order valence-corrected chi connectivity index (χ2v) is 4.23. The molecule has 0 radical (unpaired) electrons. The van der Waals surface area contributed by atoms with Crippen molar-refractivity contribution in [1.29, 1.82) is 0 Å². The molecule has 1 heterocycles. The van der Waals surface area contributed by atoms with Gasteiger partial charge >= 0.3 is 6.18 Å². The van der Waals surface area contributed by atoms with E-state index >= 15 is 0 Å². The summed E-state index contributed by atoms with van der Waals surface area (Å²) in [5.74, 6) is -0.134. The van der Waals surface area contributed by atoms with Crippen LogP contribution < -0.4 is 10.2 Å². The molecular weight excluding hydrogens is 245 g/mol. The number of anilines is 2. The number of fused-ring (bicyclic) bond motifs is 1. The van der Waals surface area contributed by atoms with Crippen LogP contribution in [0.5, 0.6) is 0 Å². The molecule has 0 aromatic heterocycles. The molecule has 0 saturated heterocycles. The quantitative estimate of drug-likeness (QED) is 0.840. The fourth-order valence-electron chi connectivity index (χ4n) is 2.00. The Morgan fingerprint density at radius 2 is 2.06 bits per heavy atom. The number of nitrogens with zero attached hydrogens (tertiary/aromatic N) is 1. The zero-order valence-corrected chi connectivity index (χ0v) is 10.0. The second-order valence-electron chi connectivity index (χ2n) is 4.23. The lowest BCUT2D eigenvalue weighted by atomic mass is 10.1. The van der Waals surface area contributed by atoms with Crippen LogP contribution in [0, 0.1) is 0 Å². The Hall–Kier alpha value is -1.72. The third-order valence-electron chi connectivity index (χ3n) is 3.05. The first-order valence-electron chi connectivity index (χ1n) is 5.60. The van der Waals surface area contributed by atoms with Gasteiger partial charge in [0.05, 0.1) is 16.9 Å². The number of rotatable bonds is 1. The fraction of sp³-hybridized carbons (Fsp3) is 0.417. The van der Waals surface area contributed by atoms with E-state index in [1.165, 1.54) is 11.0 Å². The lowest BCUT2D eigenvalue weighted by Crippen LogP contribution is -2.44. The van der Waals surface area contributed by atoms with Gasteiger partial charge in [0, 0.05) is 7.05 Å². The number of alkyl halides is 3.